The molecule has 1 aromatic rings. The summed E-state index contributed by atoms with van der Waals surface area (Å²) < 4.78 is 6.06. The molecule has 3 rings (SSSR count). The number of nitrogens with one attached hydrogen (secondary N) is 1. The molecule has 4 heteroatoms. The Morgan fingerprint density at radius 2 is 2.33 bits per heavy atom. The van der Waals surface area contributed by atoms with E-state index in [-0.39, 0.29) is 5.60 Å². The first kappa shape index (κ1) is 12.6. The molecule has 2 fully saturated rings. The first-order valence-electron chi connectivity index (χ1n) is 7.04. The SMILES string of the molecule is Cc1ncc(CNC2CCOC3(CCCC3)C2)s1. The van der Waals surface area contributed by atoms with Gasteiger partial charge < -0.3 is 10.1 Å². The summed E-state index contributed by atoms with van der Waals surface area (Å²) in [7, 11) is 0. The molecule has 100 valence electrons. The summed E-state index contributed by atoms with van der Waals surface area (Å²) in [4.78, 5) is 5.65. The predicted octanol–water partition coefficient (Wildman–Crippen LogP) is 3.03. The van der Waals surface area contributed by atoms with Crippen LogP contribution in [0, 0.1) is 6.92 Å². The van der Waals surface area contributed by atoms with Gasteiger partial charge in [-0.3, -0.25) is 0 Å². The highest BCUT2D eigenvalue weighted by Gasteiger charge is 2.39. The molecule has 1 aliphatic carbocycles. The predicted molar refractivity (Wildman–Crippen MR) is 73.9 cm³/mol. The summed E-state index contributed by atoms with van der Waals surface area (Å²) in [5.74, 6) is 0. The summed E-state index contributed by atoms with van der Waals surface area (Å²) in [5.41, 5.74) is 0.222. The molecule has 1 saturated heterocycles. The maximum atomic E-state index is 6.06. The third-order valence-electron chi connectivity index (χ3n) is 4.24. The molecular formula is C14H22N2OS. The molecule has 2 heterocycles. The van der Waals surface area contributed by atoms with Crippen molar-refractivity contribution in [3.63, 3.8) is 0 Å². The van der Waals surface area contributed by atoms with Gasteiger partial charge in [-0.2, -0.15) is 0 Å². The Kier molecular flexibility index (Phi) is 3.68. The van der Waals surface area contributed by atoms with Crippen LogP contribution in [0.2, 0.25) is 0 Å². The van der Waals surface area contributed by atoms with Gasteiger partial charge in [-0.05, 0) is 32.6 Å². The minimum absolute atomic E-state index is 0.222. The molecule has 0 aromatic carbocycles. The Morgan fingerprint density at radius 3 is 3.06 bits per heavy atom. The zero-order chi connectivity index (χ0) is 12.4. The van der Waals surface area contributed by atoms with Gasteiger partial charge in [-0.25, -0.2) is 4.98 Å². The lowest BCUT2D eigenvalue weighted by Crippen LogP contribution is -2.45. The molecule has 1 N–H and O–H groups in total. The molecule has 1 aliphatic heterocycles. The molecule has 1 saturated carbocycles. The van der Waals surface area contributed by atoms with Gasteiger partial charge in [0.1, 0.15) is 0 Å². The molecule has 18 heavy (non-hydrogen) atoms. The number of ether oxygens (including phenoxy) is 1. The van der Waals surface area contributed by atoms with Crippen molar-refractivity contribution in [1.82, 2.24) is 10.3 Å². The summed E-state index contributed by atoms with van der Waals surface area (Å²) in [6.07, 6.45) is 9.58. The summed E-state index contributed by atoms with van der Waals surface area (Å²) in [5, 5.41) is 4.85. The van der Waals surface area contributed by atoms with Crippen molar-refractivity contribution in [2.24, 2.45) is 0 Å². The molecule has 1 spiro atoms. The quantitative estimate of drug-likeness (QED) is 0.913. The fraction of sp³-hybridized carbons (Fsp3) is 0.786. The van der Waals surface area contributed by atoms with Gasteiger partial charge in [0.15, 0.2) is 0 Å². The van der Waals surface area contributed by atoms with Gasteiger partial charge in [0.2, 0.25) is 0 Å². The number of hydrogen-bond donors (Lipinski definition) is 1. The zero-order valence-electron chi connectivity index (χ0n) is 11.1. The Labute approximate surface area is 113 Å². The van der Waals surface area contributed by atoms with Crippen LogP contribution in [0.4, 0.5) is 0 Å². The number of nitrogens with zero attached hydrogens (tertiary/aromatic N) is 1. The van der Waals surface area contributed by atoms with Gasteiger partial charge in [0.05, 0.1) is 10.6 Å². The molecule has 2 aliphatic rings. The molecule has 1 atom stereocenters. The van der Waals surface area contributed by atoms with Gasteiger partial charge in [0, 0.05) is 30.3 Å². The van der Waals surface area contributed by atoms with Crippen LogP contribution in [-0.4, -0.2) is 23.2 Å². The Balaban J connectivity index is 1.53. The number of hydrogen-bond acceptors (Lipinski definition) is 4. The Hall–Kier alpha value is -0.450. The molecule has 0 bridgehead atoms. The van der Waals surface area contributed by atoms with Crippen LogP contribution in [0.5, 0.6) is 0 Å². The lowest BCUT2D eigenvalue weighted by atomic mass is 9.89. The number of rotatable bonds is 3. The van der Waals surface area contributed by atoms with E-state index >= 15 is 0 Å². The van der Waals surface area contributed by atoms with Crippen LogP contribution in [0.1, 0.15) is 48.4 Å². The van der Waals surface area contributed by atoms with Crippen LogP contribution in [0.25, 0.3) is 0 Å². The lowest BCUT2D eigenvalue weighted by Gasteiger charge is -2.38. The van der Waals surface area contributed by atoms with Crippen LogP contribution in [0.3, 0.4) is 0 Å². The summed E-state index contributed by atoms with van der Waals surface area (Å²) in [6, 6.07) is 0.624. The Morgan fingerprint density at radius 1 is 1.50 bits per heavy atom. The van der Waals surface area contributed by atoms with Crippen LogP contribution < -0.4 is 5.32 Å². The van der Waals surface area contributed by atoms with E-state index in [1.54, 1.807) is 11.3 Å². The van der Waals surface area contributed by atoms with E-state index in [0.29, 0.717) is 6.04 Å². The van der Waals surface area contributed by atoms with Gasteiger partial charge >= 0.3 is 0 Å². The third-order valence-corrected chi connectivity index (χ3v) is 5.15. The number of aryl methyl sites for hydroxylation is 1. The monoisotopic (exact) mass is 266 g/mol. The minimum Gasteiger partial charge on any atom is -0.375 e. The van der Waals surface area contributed by atoms with Crippen molar-refractivity contribution in [3.8, 4) is 0 Å². The largest absolute Gasteiger partial charge is 0.375 e. The van der Waals surface area contributed by atoms with Crippen LogP contribution in [-0.2, 0) is 11.3 Å². The molecule has 0 amide bonds. The second kappa shape index (κ2) is 5.27. The normalized spacial score (nSPS) is 26.8. The minimum atomic E-state index is 0.222. The fourth-order valence-electron chi connectivity index (χ4n) is 3.30. The van der Waals surface area contributed by atoms with Crippen molar-refractivity contribution in [2.75, 3.05) is 6.61 Å². The van der Waals surface area contributed by atoms with E-state index in [1.807, 2.05) is 6.20 Å². The maximum absolute atomic E-state index is 6.06. The second-order valence-corrected chi connectivity index (χ2v) is 6.97. The van der Waals surface area contributed by atoms with Crippen molar-refractivity contribution in [3.05, 3.63) is 16.1 Å². The highest BCUT2D eigenvalue weighted by atomic mass is 32.1. The highest BCUT2D eigenvalue weighted by Crippen LogP contribution is 2.40. The first-order chi connectivity index (χ1) is 8.76. The lowest BCUT2D eigenvalue weighted by molar-refractivity contribution is -0.0837. The van der Waals surface area contributed by atoms with Crippen LogP contribution >= 0.6 is 11.3 Å². The molecule has 1 unspecified atom stereocenters. The standard InChI is InChI=1S/C14H22N2OS/c1-11-15-9-13(18-11)10-16-12-4-7-17-14(8-12)5-2-3-6-14/h9,12,16H,2-8,10H2,1H3. The van der Waals surface area contributed by atoms with Crippen molar-refractivity contribution >= 4 is 11.3 Å². The highest BCUT2D eigenvalue weighted by molar-refractivity contribution is 7.11. The average Bonchev–Trinajstić information content (AvgIpc) is 2.97. The van der Waals surface area contributed by atoms with Crippen molar-refractivity contribution in [1.29, 1.82) is 0 Å². The van der Waals surface area contributed by atoms with Crippen LogP contribution in [0.15, 0.2) is 6.20 Å². The fourth-order valence-corrected chi connectivity index (χ4v) is 4.05. The zero-order valence-corrected chi connectivity index (χ0v) is 11.9. The molecule has 0 radical (unpaired) electrons. The first-order valence-corrected chi connectivity index (χ1v) is 7.86. The maximum Gasteiger partial charge on any atom is 0.0897 e. The van der Waals surface area contributed by atoms with Crippen molar-refractivity contribution < 1.29 is 4.74 Å². The summed E-state index contributed by atoms with van der Waals surface area (Å²) in [6.45, 7) is 3.96. The number of thiazole rings is 1. The van der Waals surface area contributed by atoms with Gasteiger partial charge in [-0.1, -0.05) is 12.8 Å². The Bertz CT molecular complexity index is 398. The van der Waals surface area contributed by atoms with E-state index in [0.717, 1.165) is 24.6 Å². The molecule has 1 aromatic heterocycles. The van der Waals surface area contributed by atoms with E-state index in [4.69, 9.17) is 4.74 Å². The van der Waals surface area contributed by atoms with E-state index in [1.165, 1.54) is 37.0 Å². The number of aromatic nitrogens is 1. The second-order valence-electron chi connectivity index (χ2n) is 5.65. The smallest absolute Gasteiger partial charge is 0.0897 e. The van der Waals surface area contributed by atoms with Gasteiger partial charge in [0.25, 0.3) is 0 Å². The topological polar surface area (TPSA) is 34.2 Å². The molecular weight excluding hydrogens is 244 g/mol. The average molecular weight is 266 g/mol. The summed E-state index contributed by atoms with van der Waals surface area (Å²) >= 11 is 1.80. The van der Waals surface area contributed by atoms with E-state index < -0.39 is 0 Å². The van der Waals surface area contributed by atoms with Crippen molar-refractivity contribution in [2.45, 2.75) is 63.6 Å². The third kappa shape index (κ3) is 2.76. The van der Waals surface area contributed by atoms with E-state index in [9.17, 15) is 0 Å². The van der Waals surface area contributed by atoms with E-state index in [2.05, 4.69) is 17.2 Å². The molecule has 3 nitrogen and oxygen atoms in total. The van der Waals surface area contributed by atoms with Gasteiger partial charge in [-0.15, -0.1) is 11.3 Å².